The molecule has 17 heavy (non-hydrogen) atoms. The van der Waals surface area contributed by atoms with Crippen LogP contribution in [0.2, 0.25) is 0 Å². The third-order valence-corrected chi connectivity index (χ3v) is 3.50. The van der Waals surface area contributed by atoms with Gasteiger partial charge in [-0.2, -0.15) is 5.26 Å². The lowest BCUT2D eigenvalue weighted by molar-refractivity contribution is 0.245. The molecule has 0 aliphatic carbocycles. The topological polar surface area (TPSA) is 39.9 Å². The summed E-state index contributed by atoms with van der Waals surface area (Å²) in [5, 5.41) is 9.43. The third-order valence-electron chi connectivity index (χ3n) is 3.50. The number of aromatic nitrogens is 1. The molecule has 0 N–H and O–H groups in total. The number of nitriles is 1. The Hall–Kier alpha value is -1.40. The Morgan fingerprint density at radius 1 is 1.29 bits per heavy atom. The van der Waals surface area contributed by atoms with Gasteiger partial charge in [-0.15, -0.1) is 0 Å². The van der Waals surface area contributed by atoms with Crippen molar-refractivity contribution in [1.29, 1.82) is 5.26 Å². The first-order valence-electron chi connectivity index (χ1n) is 6.37. The van der Waals surface area contributed by atoms with Crippen LogP contribution in [0.4, 0.5) is 0 Å². The predicted molar refractivity (Wildman–Crippen MR) is 67.4 cm³/mol. The smallest absolute Gasteiger partial charge is 0.125 e. The van der Waals surface area contributed by atoms with Crippen molar-refractivity contribution in [3.8, 4) is 6.07 Å². The van der Waals surface area contributed by atoms with Crippen molar-refractivity contribution in [2.24, 2.45) is 0 Å². The van der Waals surface area contributed by atoms with E-state index in [4.69, 9.17) is 0 Å². The second-order valence-corrected chi connectivity index (χ2v) is 4.71. The van der Waals surface area contributed by atoms with Crippen LogP contribution in [0.1, 0.15) is 42.9 Å². The highest BCUT2D eigenvalue weighted by Crippen LogP contribution is 2.25. The maximum Gasteiger partial charge on any atom is 0.125 e. The average Bonchev–Trinajstić information content (AvgIpc) is 2.62. The summed E-state index contributed by atoms with van der Waals surface area (Å²) < 4.78 is 0. The molecule has 3 nitrogen and oxygen atoms in total. The molecule has 0 aromatic carbocycles. The first-order chi connectivity index (χ1) is 8.33. The van der Waals surface area contributed by atoms with E-state index in [1.807, 2.05) is 12.3 Å². The lowest BCUT2D eigenvalue weighted by atomic mass is 10.0. The number of aryl methyl sites for hydroxylation is 1. The summed E-state index contributed by atoms with van der Waals surface area (Å²) >= 11 is 0. The van der Waals surface area contributed by atoms with Crippen molar-refractivity contribution in [2.45, 2.75) is 38.6 Å². The Balaban J connectivity index is 2.21. The van der Waals surface area contributed by atoms with Gasteiger partial charge in [-0.05, 0) is 44.5 Å². The highest BCUT2D eigenvalue weighted by Gasteiger charge is 2.22. The molecule has 90 valence electrons. The van der Waals surface area contributed by atoms with Gasteiger partial charge in [0.05, 0.1) is 6.07 Å². The first-order valence-corrected chi connectivity index (χ1v) is 6.37. The Kier molecular flexibility index (Phi) is 4.11. The molecule has 0 radical (unpaired) electrons. The van der Waals surface area contributed by atoms with Crippen LogP contribution in [0.3, 0.4) is 0 Å². The van der Waals surface area contributed by atoms with E-state index in [1.165, 1.54) is 25.7 Å². The van der Waals surface area contributed by atoms with Gasteiger partial charge in [0.15, 0.2) is 0 Å². The summed E-state index contributed by atoms with van der Waals surface area (Å²) in [6, 6.07) is 4.30. The number of pyridine rings is 1. The van der Waals surface area contributed by atoms with Crippen LogP contribution in [0.5, 0.6) is 0 Å². The third kappa shape index (κ3) is 2.83. The van der Waals surface area contributed by atoms with E-state index in [0.717, 1.165) is 24.2 Å². The average molecular weight is 229 g/mol. The fourth-order valence-corrected chi connectivity index (χ4v) is 2.46. The lowest BCUT2D eigenvalue weighted by Gasteiger charge is -2.26. The lowest BCUT2D eigenvalue weighted by Crippen LogP contribution is -2.29. The molecule has 1 aromatic heterocycles. The van der Waals surface area contributed by atoms with Crippen LogP contribution in [0.25, 0.3) is 0 Å². The molecule has 1 saturated heterocycles. The highest BCUT2D eigenvalue weighted by atomic mass is 15.2. The predicted octanol–water partition coefficient (Wildman–Crippen LogP) is 2.83. The van der Waals surface area contributed by atoms with Crippen LogP contribution in [0.15, 0.2) is 18.5 Å². The summed E-state index contributed by atoms with van der Waals surface area (Å²) in [5.74, 6) is 0. The van der Waals surface area contributed by atoms with Gasteiger partial charge in [0.1, 0.15) is 6.04 Å². The largest absolute Gasteiger partial charge is 0.284 e. The van der Waals surface area contributed by atoms with Gasteiger partial charge in [-0.1, -0.05) is 12.8 Å². The standard InChI is InChI=1S/C14H19N3/c1-12-6-7-16-11-13(12)14(10-15)17-8-4-2-3-5-9-17/h6-7,11,14H,2-5,8-9H2,1H3. The van der Waals surface area contributed by atoms with Gasteiger partial charge in [0.25, 0.3) is 0 Å². The Labute approximate surface area is 103 Å². The van der Waals surface area contributed by atoms with Crippen LogP contribution in [0, 0.1) is 18.3 Å². The summed E-state index contributed by atoms with van der Waals surface area (Å²) in [7, 11) is 0. The molecule has 2 rings (SSSR count). The number of rotatable bonds is 2. The van der Waals surface area contributed by atoms with E-state index in [9.17, 15) is 5.26 Å². The van der Waals surface area contributed by atoms with E-state index in [2.05, 4.69) is 22.9 Å². The Morgan fingerprint density at radius 3 is 2.59 bits per heavy atom. The molecule has 0 saturated carbocycles. The summed E-state index contributed by atoms with van der Waals surface area (Å²) in [4.78, 5) is 6.46. The minimum atomic E-state index is -0.123. The molecule has 1 aliphatic rings. The van der Waals surface area contributed by atoms with Gasteiger partial charge >= 0.3 is 0 Å². The Morgan fingerprint density at radius 2 is 2.00 bits per heavy atom. The molecule has 1 unspecified atom stereocenters. The number of hydrogen-bond acceptors (Lipinski definition) is 3. The van der Waals surface area contributed by atoms with Crippen molar-refractivity contribution < 1.29 is 0 Å². The molecular formula is C14H19N3. The van der Waals surface area contributed by atoms with Crippen molar-refractivity contribution in [3.63, 3.8) is 0 Å². The minimum absolute atomic E-state index is 0.123. The Bertz CT molecular complexity index is 400. The molecule has 2 heterocycles. The maximum atomic E-state index is 9.43. The summed E-state index contributed by atoms with van der Waals surface area (Å²) in [6.07, 6.45) is 8.63. The van der Waals surface area contributed by atoms with E-state index in [0.29, 0.717) is 0 Å². The highest BCUT2D eigenvalue weighted by molar-refractivity contribution is 5.29. The van der Waals surface area contributed by atoms with Crippen molar-refractivity contribution in [2.75, 3.05) is 13.1 Å². The van der Waals surface area contributed by atoms with Crippen LogP contribution < -0.4 is 0 Å². The molecule has 1 aliphatic heterocycles. The fraction of sp³-hybridized carbons (Fsp3) is 0.571. The fourth-order valence-electron chi connectivity index (χ4n) is 2.46. The van der Waals surface area contributed by atoms with Gasteiger partial charge in [-0.3, -0.25) is 9.88 Å². The molecule has 1 fully saturated rings. The molecule has 1 atom stereocenters. The quantitative estimate of drug-likeness (QED) is 0.783. The van der Waals surface area contributed by atoms with Gasteiger partial charge in [-0.25, -0.2) is 0 Å². The molecule has 0 amide bonds. The zero-order valence-corrected chi connectivity index (χ0v) is 10.4. The van der Waals surface area contributed by atoms with Crippen LogP contribution >= 0.6 is 0 Å². The van der Waals surface area contributed by atoms with Crippen LogP contribution in [-0.4, -0.2) is 23.0 Å². The molecule has 3 heteroatoms. The van der Waals surface area contributed by atoms with Gasteiger partial charge in [0.2, 0.25) is 0 Å². The summed E-state index contributed by atoms with van der Waals surface area (Å²) in [6.45, 7) is 4.12. The summed E-state index contributed by atoms with van der Waals surface area (Å²) in [5.41, 5.74) is 2.23. The van der Waals surface area contributed by atoms with Gasteiger partial charge in [0, 0.05) is 18.0 Å². The molecule has 1 aromatic rings. The minimum Gasteiger partial charge on any atom is -0.284 e. The van der Waals surface area contributed by atoms with E-state index in [-0.39, 0.29) is 6.04 Å². The normalized spacial score (nSPS) is 19.3. The second kappa shape index (κ2) is 5.79. The number of hydrogen-bond donors (Lipinski definition) is 0. The SMILES string of the molecule is Cc1ccncc1C(C#N)N1CCCCCC1. The molecule has 0 spiro atoms. The van der Waals surface area contributed by atoms with Crippen LogP contribution in [-0.2, 0) is 0 Å². The number of likely N-dealkylation sites (tertiary alicyclic amines) is 1. The van der Waals surface area contributed by atoms with Crippen molar-refractivity contribution in [1.82, 2.24) is 9.88 Å². The van der Waals surface area contributed by atoms with Crippen molar-refractivity contribution >= 4 is 0 Å². The van der Waals surface area contributed by atoms with E-state index in [1.54, 1.807) is 6.20 Å². The van der Waals surface area contributed by atoms with E-state index < -0.39 is 0 Å². The monoisotopic (exact) mass is 229 g/mol. The zero-order valence-electron chi connectivity index (χ0n) is 10.4. The van der Waals surface area contributed by atoms with Gasteiger partial charge < -0.3 is 0 Å². The van der Waals surface area contributed by atoms with Crippen molar-refractivity contribution in [3.05, 3.63) is 29.6 Å². The maximum absolute atomic E-state index is 9.43. The van der Waals surface area contributed by atoms with E-state index >= 15 is 0 Å². The molecular weight excluding hydrogens is 210 g/mol. The second-order valence-electron chi connectivity index (χ2n) is 4.71. The number of nitrogens with zero attached hydrogens (tertiary/aromatic N) is 3. The zero-order chi connectivity index (χ0) is 12.1. The molecule has 0 bridgehead atoms. The first kappa shape index (κ1) is 12.1.